The third-order valence-corrected chi connectivity index (χ3v) is 12.9. The Kier molecular flexibility index (Phi) is 6.29. The van der Waals surface area contributed by atoms with Gasteiger partial charge in [0.05, 0.1) is 5.52 Å². The van der Waals surface area contributed by atoms with Crippen molar-refractivity contribution in [2.24, 2.45) is 0 Å². The molecule has 0 fully saturated rings. The Morgan fingerprint density at radius 3 is 2.24 bits per heavy atom. The van der Waals surface area contributed by atoms with E-state index >= 15 is 0 Å². The lowest BCUT2D eigenvalue weighted by molar-refractivity contribution is 0.590. The zero-order valence-corrected chi connectivity index (χ0v) is 31.5. The summed E-state index contributed by atoms with van der Waals surface area (Å²) in [6.07, 6.45) is 0. The number of thiophene rings is 1. The molecule has 0 unspecified atom stereocenters. The van der Waals surface area contributed by atoms with Crippen molar-refractivity contribution in [3.05, 3.63) is 151 Å². The van der Waals surface area contributed by atoms with Gasteiger partial charge in [0, 0.05) is 69.9 Å². The molecule has 0 saturated heterocycles. The van der Waals surface area contributed by atoms with Crippen LogP contribution in [0, 0.1) is 0 Å². The molecule has 1 radical (unpaired) electrons. The maximum absolute atomic E-state index is 6.49. The van der Waals surface area contributed by atoms with Crippen LogP contribution in [0.3, 0.4) is 0 Å². The highest BCUT2D eigenvalue weighted by Crippen LogP contribution is 2.44. The summed E-state index contributed by atoms with van der Waals surface area (Å²) in [6.45, 7) is 6.78. The fourth-order valence-corrected chi connectivity index (χ4v) is 10.2. The van der Waals surface area contributed by atoms with Gasteiger partial charge in [0.15, 0.2) is 7.28 Å². The van der Waals surface area contributed by atoms with Gasteiger partial charge in [0.25, 0.3) is 0 Å². The number of furan rings is 1. The van der Waals surface area contributed by atoms with Crippen molar-refractivity contribution in [2.75, 3.05) is 5.32 Å². The largest absolute Gasteiger partial charge is 0.456 e. The molecule has 5 heteroatoms. The van der Waals surface area contributed by atoms with Crippen LogP contribution in [0.15, 0.2) is 150 Å². The lowest BCUT2D eigenvalue weighted by Crippen LogP contribution is -2.37. The van der Waals surface area contributed by atoms with E-state index < -0.39 is 0 Å². The van der Waals surface area contributed by atoms with Crippen LogP contribution >= 0.6 is 11.3 Å². The first-order valence-corrected chi connectivity index (χ1v) is 19.8. The molecule has 3 nitrogen and oxygen atoms in total. The number of hydrogen-bond acceptors (Lipinski definition) is 3. The lowest BCUT2D eigenvalue weighted by atomic mass is 9.59. The van der Waals surface area contributed by atoms with Gasteiger partial charge in [-0.15, -0.1) is 11.3 Å². The second kappa shape index (κ2) is 11.1. The molecular formula is C50H34BN2OS. The van der Waals surface area contributed by atoms with Gasteiger partial charge in [0.2, 0.25) is 0 Å². The van der Waals surface area contributed by atoms with E-state index in [0.717, 1.165) is 38.8 Å². The standard InChI is InChI=1S/C50H34BN2OS/c1-50(2,3)29-17-19-30(20-18-29)52-40-23-16-28-10-4-5-11-31(28)47(40)35-22-21-34-36-24-38-33-13-7-9-15-45(33)55-46(38)27-41(36)53-42-25-37-32-12-6-8-14-43(32)54-44(37)26-39(42)51-48(35)49(34)53/h4-27,52H,1-3H3. The maximum Gasteiger partial charge on any atom is 0.198 e. The molecule has 259 valence electrons. The number of benzene rings is 8. The van der Waals surface area contributed by atoms with Crippen LogP contribution in [-0.2, 0) is 5.41 Å². The van der Waals surface area contributed by atoms with E-state index in [1.54, 1.807) is 0 Å². The average molecular weight is 722 g/mol. The number of nitrogens with one attached hydrogen (secondary N) is 1. The normalized spacial score (nSPS) is 12.8. The van der Waals surface area contributed by atoms with Crippen molar-refractivity contribution in [3.63, 3.8) is 0 Å². The first-order chi connectivity index (χ1) is 26.9. The van der Waals surface area contributed by atoms with Crippen LogP contribution in [0.5, 0.6) is 0 Å². The number of fused-ring (bicyclic) bond motifs is 12. The van der Waals surface area contributed by atoms with E-state index in [1.807, 2.05) is 17.4 Å². The van der Waals surface area contributed by atoms with Gasteiger partial charge in [0.1, 0.15) is 11.2 Å². The fraction of sp³-hybridized carbons (Fsp3) is 0.0800. The quantitative estimate of drug-likeness (QED) is 0.184. The summed E-state index contributed by atoms with van der Waals surface area (Å²) in [7, 11) is 2.40. The minimum atomic E-state index is 0.0888. The molecule has 0 atom stereocenters. The number of aromatic nitrogens is 1. The minimum Gasteiger partial charge on any atom is -0.456 e. The average Bonchev–Trinajstić information content (AvgIpc) is 3.86. The van der Waals surface area contributed by atoms with Crippen molar-refractivity contribution in [1.82, 2.24) is 4.57 Å². The minimum absolute atomic E-state index is 0.0888. The molecule has 3 aromatic heterocycles. The Morgan fingerprint density at radius 1 is 0.600 bits per heavy atom. The molecule has 1 N–H and O–H groups in total. The first-order valence-electron chi connectivity index (χ1n) is 19.0. The second-order valence-electron chi connectivity index (χ2n) is 16.0. The van der Waals surface area contributed by atoms with E-state index in [1.165, 1.54) is 80.6 Å². The molecule has 0 amide bonds. The van der Waals surface area contributed by atoms with Crippen molar-refractivity contribution in [2.45, 2.75) is 26.2 Å². The Bertz CT molecular complexity index is 3410. The van der Waals surface area contributed by atoms with Crippen LogP contribution in [0.2, 0.25) is 0 Å². The Balaban J connectivity index is 1.17. The summed E-state index contributed by atoms with van der Waals surface area (Å²) in [6, 6.07) is 53.5. The lowest BCUT2D eigenvalue weighted by Gasteiger charge is -2.25. The second-order valence-corrected chi connectivity index (χ2v) is 17.1. The van der Waals surface area contributed by atoms with Crippen LogP contribution < -0.4 is 16.2 Å². The van der Waals surface area contributed by atoms with Crippen molar-refractivity contribution in [1.29, 1.82) is 0 Å². The molecule has 4 heterocycles. The van der Waals surface area contributed by atoms with E-state index in [-0.39, 0.29) is 5.41 Å². The van der Waals surface area contributed by atoms with Gasteiger partial charge in [-0.3, -0.25) is 0 Å². The van der Waals surface area contributed by atoms with Crippen molar-refractivity contribution >= 4 is 116 Å². The summed E-state index contributed by atoms with van der Waals surface area (Å²) < 4.78 is 11.6. The number of hydrogen-bond donors (Lipinski definition) is 1. The van der Waals surface area contributed by atoms with Gasteiger partial charge in [-0.25, -0.2) is 0 Å². The van der Waals surface area contributed by atoms with Gasteiger partial charge in [-0.2, -0.15) is 0 Å². The predicted molar refractivity (Wildman–Crippen MR) is 237 cm³/mol. The van der Waals surface area contributed by atoms with Gasteiger partial charge in [-0.1, -0.05) is 117 Å². The zero-order valence-electron chi connectivity index (χ0n) is 30.7. The van der Waals surface area contributed by atoms with E-state index in [2.05, 4.69) is 177 Å². The molecule has 0 bridgehead atoms. The molecule has 0 spiro atoms. The van der Waals surface area contributed by atoms with Gasteiger partial charge >= 0.3 is 0 Å². The molecule has 12 rings (SSSR count). The summed E-state index contributed by atoms with van der Waals surface area (Å²) in [5.41, 5.74) is 13.8. The Morgan fingerprint density at radius 2 is 1.38 bits per heavy atom. The first kappa shape index (κ1) is 31.1. The summed E-state index contributed by atoms with van der Waals surface area (Å²) >= 11 is 1.88. The number of para-hydroxylation sites is 1. The fourth-order valence-electron chi connectivity index (χ4n) is 9.08. The van der Waals surface area contributed by atoms with E-state index in [0.29, 0.717) is 0 Å². The van der Waals surface area contributed by atoms with Crippen molar-refractivity contribution in [3.8, 4) is 16.8 Å². The third-order valence-electron chi connectivity index (χ3n) is 11.8. The molecular weight excluding hydrogens is 687 g/mol. The smallest absolute Gasteiger partial charge is 0.198 e. The van der Waals surface area contributed by atoms with Crippen molar-refractivity contribution < 1.29 is 4.42 Å². The topological polar surface area (TPSA) is 30.1 Å². The SMILES string of the molecule is CC(C)(C)c1ccc(Nc2ccc3ccccc3c2-c2ccc3c4cc5c(cc4n4c3c2[B]c2cc3oc6ccccc6c3cc2-4)sc2ccccc25)cc1. The molecule has 1 aliphatic rings. The Labute approximate surface area is 322 Å². The zero-order chi connectivity index (χ0) is 36.6. The highest BCUT2D eigenvalue weighted by Gasteiger charge is 2.29. The molecule has 8 aromatic carbocycles. The van der Waals surface area contributed by atoms with Crippen LogP contribution in [0.4, 0.5) is 11.4 Å². The van der Waals surface area contributed by atoms with E-state index in [9.17, 15) is 0 Å². The highest BCUT2D eigenvalue weighted by molar-refractivity contribution is 7.25. The summed E-state index contributed by atoms with van der Waals surface area (Å²) in [4.78, 5) is 0. The summed E-state index contributed by atoms with van der Waals surface area (Å²) in [5, 5.41) is 13.7. The summed E-state index contributed by atoms with van der Waals surface area (Å²) in [5.74, 6) is 0. The monoisotopic (exact) mass is 721 g/mol. The van der Waals surface area contributed by atoms with Gasteiger partial charge in [-0.05, 0) is 87.4 Å². The molecule has 1 aliphatic heterocycles. The highest BCUT2D eigenvalue weighted by atomic mass is 32.1. The van der Waals surface area contributed by atoms with Crippen LogP contribution in [0.25, 0.3) is 91.5 Å². The van der Waals surface area contributed by atoms with Crippen LogP contribution in [0.1, 0.15) is 26.3 Å². The number of nitrogens with zero attached hydrogens (tertiary/aromatic N) is 1. The molecule has 0 aliphatic carbocycles. The molecule has 0 saturated carbocycles. The van der Waals surface area contributed by atoms with Gasteiger partial charge < -0.3 is 14.3 Å². The molecule has 55 heavy (non-hydrogen) atoms. The van der Waals surface area contributed by atoms with Crippen LogP contribution in [-0.4, -0.2) is 11.8 Å². The number of anilines is 2. The Hall–Kier alpha value is -6.30. The maximum atomic E-state index is 6.49. The van der Waals surface area contributed by atoms with E-state index in [4.69, 9.17) is 4.42 Å². The third kappa shape index (κ3) is 4.51. The molecule has 11 aromatic rings. The predicted octanol–water partition coefficient (Wildman–Crippen LogP) is 12.9. The number of rotatable bonds is 3.